The molecule has 37 heavy (non-hydrogen) atoms. The molecule has 0 aliphatic rings. The third-order valence-corrected chi connectivity index (χ3v) is 6.23. The second-order valence-electron chi connectivity index (χ2n) is 10.3. The van der Waals surface area contributed by atoms with Crippen LogP contribution in [0.4, 0.5) is 0 Å². The summed E-state index contributed by atoms with van der Waals surface area (Å²) in [7, 11) is 0. The Morgan fingerprint density at radius 3 is 2.24 bits per heavy atom. The molecule has 0 aliphatic carbocycles. The summed E-state index contributed by atoms with van der Waals surface area (Å²) in [5, 5.41) is 5.81. The Hall–Kier alpha value is -4.17. The van der Waals surface area contributed by atoms with Crippen molar-refractivity contribution in [3.05, 3.63) is 83.0 Å². The lowest BCUT2D eigenvalue weighted by Crippen LogP contribution is -2.10. The van der Waals surface area contributed by atoms with E-state index in [0.29, 0.717) is 36.0 Å². The Morgan fingerprint density at radius 2 is 1.59 bits per heavy atom. The summed E-state index contributed by atoms with van der Waals surface area (Å²) < 4.78 is 11.0. The predicted octanol–water partition coefficient (Wildman–Crippen LogP) is 4.86. The molecule has 0 spiro atoms. The van der Waals surface area contributed by atoms with E-state index in [9.17, 15) is 9.59 Å². The van der Waals surface area contributed by atoms with Gasteiger partial charge in [0.2, 0.25) is 5.78 Å². The van der Waals surface area contributed by atoms with Crippen LogP contribution in [0.15, 0.2) is 59.1 Å². The molecule has 0 fully saturated rings. The summed E-state index contributed by atoms with van der Waals surface area (Å²) in [6.45, 7) is 6.99. The minimum atomic E-state index is -0.155. The molecule has 5 aromatic rings. The molecule has 0 unspecified atom stereocenters. The molecule has 2 aromatic carbocycles. The lowest BCUT2D eigenvalue weighted by molar-refractivity contribution is -0.117. The van der Waals surface area contributed by atoms with Gasteiger partial charge in [0.25, 0.3) is 0 Å². The predicted molar refractivity (Wildman–Crippen MR) is 142 cm³/mol. The van der Waals surface area contributed by atoms with Crippen LogP contribution in [-0.4, -0.2) is 39.8 Å². The molecule has 3 aromatic heterocycles. The first kappa shape index (κ1) is 24.5. The van der Waals surface area contributed by atoms with E-state index in [2.05, 4.69) is 15.1 Å². The van der Waals surface area contributed by atoms with Crippen LogP contribution in [0.3, 0.4) is 0 Å². The number of hydrogen-bond acceptors (Lipinski definition) is 6. The number of aromatic nitrogens is 3. The van der Waals surface area contributed by atoms with E-state index >= 15 is 0 Å². The van der Waals surface area contributed by atoms with Gasteiger partial charge in [-0.05, 0) is 48.0 Å². The van der Waals surface area contributed by atoms with Gasteiger partial charge in [0.1, 0.15) is 23.9 Å². The number of carbonyl (C=O) groups is 2. The highest BCUT2D eigenvalue weighted by Crippen LogP contribution is 2.25. The van der Waals surface area contributed by atoms with Crippen molar-refractivity contribution in [1.29, 1.82) is 0 Å². The lowest BCUT2D eigenvalue weighted by atomic mass is 9.93. The van der Waals surface area contributed by atoms with Gasteiger partial charge in [-0.2, -0.15) is 0 Å². The first-order chi connectivity index (χ1) is 17.7. The Labute approximate surface area is 214 Å². The minimum Gasteiger partial charge on any atom is -0.492 e. The third-order valence-electron chi connectivity index (χ3n) is 6.23. The van der Waals surface area contributed by atoms with Crippen LogP contribution in [0.5, 0.6) is 5.75 Å². The number of benzene rings is 2. The van der Waals surface area contributed by atoms with Crippen LogP contribution in [-0.2, 0) is 23.1 Å². The van der Waals surface area contributed by atoms with Gasteiger partial charge in [-0.3, -0.25) is 9.59 Å². The van der Waals surface area contributed by atoms with Crippen molar-refractivity contribution in [2.75, 3.05) is 13.2 Å². The van der Waals surface area contributed by atoms with Crippen molar-refractivity contribution in [3.8, 4) is 5.75 Å². The lowest BCUT2D eigenvalue weighted by Gasteiger charge is -2.12. The zero-order valence-corrected chi connectivity index (χ0v) is 21.2. The van der Waals surface area contributed by atoms with Crippen molar-refractivity contribution >= 4 is 33.4 Å². The molecule has 0 saturated carbocycles. The van der Waals surface area contributed by atoms with Crippen LogP contribution < -0.4 is 10.5 Å². The number of ether oxygens (including phenoxy) is 1. The number of Topliss-reactive ketones (excluding diaryl/α,β-unsaturated/α-hetero) is 1. The average Bonchev–Trinajstić information content (AvgIpc) is 3.59. The molecule has 0 radical (unpaired) electrons. The molecule has 5 rings (SSSR count). The van der Waals surface area contributed by atoms with Gasteiger partial charge in [-0.25, -0.2) is 0 Å². The molecule has 3 heterocycles. The first-order valence-corrected chi connectivity index (χ1v) is 12.3. The largest absolute Gasteiger partial charge is 0.492 e. The maximum absolute atomic E-state index is 13.2. The van der Waals surface area contributed by atoms with Crippen LogP contribution in [0.2, 0.25) is 0 Å². The number of nitrogens with zero attached hydrogens (tertiary/aromatic N) is 1. The molecule has 0 amide bonds. The Kier molecular flexibility index (Phi) is 6.43. The van der Waals surface area contributed by atoms with E-state index in [4.69, 9.17) is 15.0 Å². The van der Waals surface area contributed by atoms with Crippen LogP contribution >= 0.6 is 0 Å². The first-order valence-electron chi connectivity index (χ1n) is 12.3. The van der Waals surface area contributed by atoms with E-state index in [1.54, 1.807) is 0 Å². The van der Waals surface area contributed by atoms with Gasteiger partial charge < -0.3 is 25.0 Å². The highest BCUT2D eigenvalue weighted by Gasteiger charge is 2.21. The summed E-state index contributed by atoms with van der Waals surface area (Å²) in [6.07, 6.45) is 0.493. The number of rotatable bonds is 9. The number of H-pyrrole nitrogens is 2. The number of ketones is 2. The normalized spacial score (nSPS) is 11.9. The zero-order valence-electron chi connectivity index (χ0n) is 21.2. The summed E-state index contributed by atoms with van der Waals surface area (Å²) in [4.78, 5) is 32.3. The van der Waals surface area contributed by atoms with Crippen molar-refractivity contribution in [3.63, 3.8) is 0 Å². The fourth-order valence-corrected chi connectivity index (χ4v) is 4.30. The SMILES string of the molecule is CC(C)(C)c1cc(CC(=O)Cc2ccc3[nH]c(C(=O)c4cc5cc(OCCN)ccc5[nH]4)cc3c2)no1. The Morgan fingerprint density at radius 1 is 0.919 bits per heavy atom. The van der Waals surface area contributed by atoms with Gasteiger partial charge >= 0.3 is 0 Å². The summed E-state index contributed by atoms with van der Waals surface area (Å²) >= 11 is 0. The van der Waals surface area contributed by atoms with Gasteiger partial charge in [-0.1, -0.05) is 32.0 Å². The standard InChI is InChI=1S/C29H30N4O4/c1-29(2,3)27-16-20(33-37-27)15-21(34)11-17-4-6-23-18(10-17)13-25(31-23)28(35)26-14-19-12-22(36-9-8-30)5-7-24(19)32-26/h4-7,10,12-14,16,31-32H,8-9,11,15,30H2,1-3H3. The Bertz CT molecular complexity index is 1600. The summed E-state index contributed by atoms with van der Waals surface area (Å²) in [5.74, 6) is 1.38. The molecule has 0 aliphatic heterocycles. The van der Waals surface area contributed by atoms with Gasteiger partial charge in [-0.15, -0.1) is 0 Å². The molecule has 8 heteroatoms. The molecule has 0 atom stereocenters. The minimum absolute atomic E-state index is 0.0489. The van der Waals surface area contributed by atoms with Crippen molar-refractivity contribution in [2.24, 2.45) is 5.73 Å². The molecule has 190 valence electrons. The van der Waals surface area contributed by atoms with E-state index in [1.165, 1.54) is 0 Å². The van der Waals surface area contributed by atoms with E-state index in [1.807, 2.05) is 75.4 Å². The molecular formula is C29H30N4O4. The third kappa shape index (κ3) is 5.34. The van der Waals surface area contributed by atoms with Crippen LogP contribution in [0, 0.1) is 0 Å². The zero-order chi connectivity index (χ0) is 26.2. The van der Waals surface area contributed by atoms with Crippen LogP contribution in [0.25, 0.3) is 21.8 Å². The molecular weight excluding hydrogens is 468 g/mol. The Balaban J connectivity index is 1.30. The summed E-state index contributed by atoms with van der Waals surface area (Å²) in [6, 6.07) is 16.8. The summed E-state index contributed by atoms with van der Waals surface area (Å²) in [5.41, 5.74) is 9.51. The van der Waals surface area contributed by atoms with Gasteiger partial charge in [0.05, 0.1) is 23.5 Å². The highest BCUT2D eigenvalue weighted by molar-refractivity contribution is 6.11. The number of nitrogens with one attached hydrogen (secondary N) is 2. The smallest absolute Gasteiger partial charge is 0.225 e. The quantitative estimate of drug-likeness (QED) is 0.249. The topological polar surface area (TPSA) is 127 Å². The van der Waals surface area contributed by atoms with Crippen molar-refractivity contribution in [1.82, 2.24) is 15.1 Å². The maximum Gasteiger partial charge on any atom is 0.225 e. The van der Waals surface area contributed by atoms with Crippen LogP contribution in [0.1, 0.15) is 54.0 Å². The van der Waals surface area contributed by atoms with E-state index in [-0.39, 0.29) is 29.8 Å². The molecule has 0 saturated heterocycles. The number of hydrogen-bond donors (Lipinski definition) is 3. The van der Waals surface area contributed by atoms with E-state index < -0.39 is 0 Å². The second-order valence-corrected chi connectivity index (χ2v) is 10.3. The fraction of sp³-hybridized carbons (Fsp3) is 0.276. The van der Waals surface area contributed by atoms with Gasteiger partial charge in [0, 0.05) is 46.3 Å². The molecule has 0 bridgehead atoms. The number of fused-ring (bicyclic) bond motifs is 2. The fourth-order valence-electron chi connectivity index (χ4n) is 4.30. The van der Waals surface area contributed by atoms with Crippen molar-refractivity contribution in [2.45, 2.75) is 39.0 Å². The molecule has 4 N–H and O–H groups in total. The monoisotopic (exact) mass is 498 g/mol. The highest BCUT2D eigenvalue weighted by atomic mass is 16.5. The number of nitrogens with two attached hydrogens (primary N) is 1. The van der Waals surface area contributed by atoms with Gasteiger partial charge in [0.15, 0.2) is 0 Å². The van der Waals surface area contributed by atoms with E-state index in [0.717, 1.165) is 33.1 Å². The number of carbonyl (C=O) groups excluding carboxylic acids is 2. The second kappa shape index (κ2) is 9.71. The number of aromatic amines is 2. The maximum atomic E-state index is 13.2. The average molecular weight is 499 g/mol. The molecule has 8 nitrogen and oxygen atoms in total. The van der Waals surface area contributed by atoms with Crippen molar-refractivity contribution < 1.29 is 18.8 Å².